The molecule has 0 bridgehead atoms. The minimum atomic E-state index is 0.733. The van der Waals surface area contributed by atoms with Gasteiger partial charge in [-0.05, 0) is 17.1 Å². The van der Waals surface area contributed by atoms with Gasteiger partial charge in [0.2, 0.25) is 0 Å². The van der Waals surface area contributed by atoms with E-state index >= 15 is 0 Å². The van der Waals surface area contributed by atoms with Crippen molar-refractivity contribution in [2.45, 2.75) is 6.32 Å². The van der Waals surface area contributed by atoms with E-state index in [0.29, 0.717) is 0 Å². The van der Waals surface area contributed by atoms with E-state index in [1.165, 1.54) is 10.8 Å². The summed E-state index contributed by atoms with van der Waals surface area (Å²) in [4.78, 5) is 9.56. The largest absolute Gasteiger partial charge is 0.304 e. The third-order valence-electron chi connectivity index (χ3n) is 2.33. The number of hydrogen-bond acceptors (Lipinski definition) is 1. The quantitative estimate of drug-likeness (QED) is 0.413. The van der Waals surface area contributed by atoms with E-state index in [1.54, 1.807) is 0 Å². The van der Waals surface area contributed by atoms with Gasteiger partial charge in [0.25, 0.3) is 0 Å². The molecular formula is C12H15B3O. The first-order valence-electron chi connectivity index (χ1n) is 5.76. The van der Waals surface area contributed by atoms with E-state index in [1.807, 2.05) is 0 Å². The van der Waals surface area contributed by atoms with Crippen molar-refractivity contribution in [3.63, 3.8) is 0 Å². The first-order chi connectivity index (χ1) is 7.88. The summed E-state index contributed by atoms with van der Waals surface area (Å²) in [7, 11) is 4.24. The van der Waals surface area contributed by atoms with Gasteiger partial charge in [0, 0.05) is 0 Å². The molecule has 0 saturated heterocycles. The first kappa shape index (κ1) is 12.6. The van der Waals surface area contributed by atoms with Crippen LogP contribution in [0, 0.1) is 0 Å². The highest BCUT2D eigenvalue weighted by Crippen LogP contribution is 2.11. The topological polar surface area (TPSA) is 17.1 Å². The fraction of sp³-hybridized carbons (Fsp3) is 0.0833. The predicted octanol–water partition coefficient (Wildman–Crippen LogP) is 0.779. The molecule has 2 aromatic rings. The Morgan fingerprint density at radius 3 is 1.69 bits per heavy atom. The second-order valence-electron chi connectivity index (χ2n) is 3.66. The Morgan fingerprint density at radius 1 is 1.00 bits per heavy atom. The van der Waals surface area contributed by atoms with Crippen LogP contribution in [-0.2, 0) is 4.79 Å². The molecule has 0 spiro atoms. The van der Waals surface area contributed by atoms with Gasteiger partial charge in [-0.3, -0.25) is 0 Å². The molecule has 0 atom stereocenters. The van der Waals surface area contributed by atoms with E-state index < -0.39 is 0 Å². The van der Waals surface area contributed by atoms with Crippen LogP contribution in [0.1, 0.15) is 0 Å². The van der Waals surface area contributed by atoms with E-state index in [0.717, 1.165) is 26.8 Å². The average molecular weight is 208 g/mol. The van der Waals surface area contributed by atoms with Crippen LogP contribution >= 0.6 is 0 Å². The number of carbonyl (C=O) groups is 1. The maximum Gasteiger partial charge on any atom is 0.111 e. The molecule has 0 aromatic heterocycles. The maximum absolute atomic E-state index is 9.56. The summed E-state index contributed by atoms with van der Waals surface area (Å²) in [6.45, 7) is 0. The Bertz CT molecular complexity index is 366. The van der Waals surface area contributed by atoms with Crippen LogP contribution in [0.15, 0.2) is 48.5 Å². The molecule has 16 heavy (non-hydrogen) atoms. The lowest BCUT2D eigenvalue weighted by Crippen LogP contribution is -2.01. The summed E-state index contributed by atoms with van der Waals surface area (Å²) in [6, 6.07) is 16.7. The summed E-state index contributed by atoms with van der Waals surface area (Å²) in [5, 5.41) is 2.62. The van der Waals surface area contributed by atoms with Crippen LogP contribution in [0.3, 0.4) is 0 Å². The van der Waals surface area contributed by atoms with Crippen molar-refractivity contribution in [3.05, 3.63) is 48.5 Å². The van der Waals surface area contributed by atoms with Gasteiger partial charge >= 0.3 is 0 Å². The zero-order valence-corrected chi connectivity index (χ0v) is 9.73. The summed E-state index contributed by atoms with van der Waals surface area (Å²) < 4.78 is 0. The van der Waals surface area contributed by atoms with Gasteiger partial charge in [-0.15, -0.1) is 0 Å². The monoisotopic (exact) mass is 208 g/mol. The fourth-order valence-electron chi connectivity index (χ4n) is 1.42. The Labute approximate surface area is 99.1 Å². The van der Waals surface area contributed by atoms with Crippen molar-refractivity contribution in [3.8, 4) is 0 Å². The van der Waals surface area contributed by atoms with Crippen LogP contribution in [0.2, 0.25) is 6.32 Å². The smallest absolute Gasteiger partial charge is 0.111 e. The molecule has 0 aliphatic carbocycles. The minimum Gasteiger partial charge on any atom is -0.304 e. The fourth-order valence-corrected chi connectivity index (χ4v) is 1.42. The second kappa shape index (κ2) is 7.80. The van der Waals surface area contributed by atoms with E-state index in [2.05, 4.69) is 56.3 Å². The van der Waals surface area contributed by atoms with Crippen LogP contribution in [-0.4, -0.2) is 28.3 Å². The maximum atomic E-state index is 9.56. The molecule has 0 amide bonds. The molecule has 78 valence electrons. The zero-order valence-electron chi connectivity index (χ0n) is 9.73. The molecule has 1 nitrogen and oxygen atoms in total. The summed E-state index contributed by atoms with van der Waals surface area (Å²) >= 11 is 0. The van der Waals surface area contributed by atoms with Crippen molar-refractivity contribution in [2.24, 2.45) is 0 Å². The van der Waals surface area contributed by atoms with Crippen molar-refractivity contribution >= 4 is 39.0 Å². The Balaban J connectivity index is 0.000000187. The van der Waals surface area contributed by atoms with Gasteiger partial charge in [-0.2, -0.15) is 0 Å². The molecular weight excluding hydrogens is 193 g/mol. The Hall–Kier alpha value is -1.44. The third kappa shape index (κ3) is 4.39. The number of rotatable bonds is 3. The van der Waals surface area contributed by atoms with Gasteiger partial charge in [0.05, 0.1) is 22.0 Å². The van der Waals surface area contributed by atoms with Crippen molar-refractivity contribution in [1.29, 1.82) is 0 Å². The van der Waals surface area contributed by atoms with Crippen LogP contribution in [0.25, 0.3) is 10.8 Å². The number of fused-ring (bicyclic) bond motifs is 1. The molecule has 2 rings (SSSR count). The lowest BCUT2D eigenvalue weighted by molar-refractivity contribution is -0.106. The normalized spacial score (nSPS) is 8.75. The van der Waals surface area contributed by atoms with Crippen LogP contribution < -0.4 is 0 Å². The first-order valence-corrected chi connectivity index (χ1v) is 5.76. The van der Waals surface area contributed by atoms with Gasteiger partial charge in [0.15, 0.2) is 0 Å². The predicted molar refractivity (Wildman–Crippen MR) is 77.7 cm³/mol. The molecule has 0 N–H and O–H groups in total. The standard InChI is InChI=1S/C10H8.C2H7B3O/c1-2-6-10-8-4-3-7-9(10)5-1;3-5-4-1-2-6/h1-8H;2,4-5H,1,3H2. The lowest BCUT2D eigenvalue weighted by Gasteiger charge is -1.92. The lowest BCUT2D eigenvalue weighted by atomic mass is 9.27. The molecule has 0 aliphatic rings. The Morgan fingerprint density at radius 2 is 1.44 bits per heavy atom. The highest BCUT2D eigenvalue weighted by molar-refractivity contribution is 7.24. The number of aldehydes is 1. The molecule has 0 heterocycles. The summed E-state index contributed by atoms with van der Waals surface area (Å²) in [6.07, 6.45) is 1.69. The Kier molecular flexibility index (Phi) is 6.16. The van der Waals surface area contributed by atoms with Gasteiger partial charge in [-0.1, -0.05) is 48.5 Å². The minimum absolute atomic E-state index is 0.733. The molecule has 4 heteroatoms. The summed E-state index contributed by atoms with van der Waals surface area (Å²) in [5.74, 6) is 0. The van der Waals surface area contributed by atoms with Gasteiger partial charge in [-0.25, -0.2) is 0 Å². The summed E-state index contributed by atoms with van der Waals surface area (Å²) in [5.41, 5.74) is 0. The van der Waals surface area contributed by atoms with E-state index in [9.17, 15) is 4.79 Å². The molecule has 0 saturated carbocycles. The van der Waals surface area contributed by atoms with E-state index in [4.69, 9.17) is 0 Å². The van der Waals surface area contributed by atoms with Crippen molar-refractivity contribution < 1.29 is 4.79 Å². The molecule has 0 aliphatic heterocycles. The van der Waals surface area contributed by atoms with E-state index in [-0.39, 0.29) is 0 Å². The molecule has 0 fully saturated rings. The zero-order chi connectivity index (χ0) is 11.6. The SMILES string of the molecule is BBBCC=O.c1ccc2ccccc2c1. The molecule has 0 radical (unpaired) electrons. The van der Waals surface area contributed by atoms with Crippen molar-refractivity contribution in [1.82, 2.24) is 0 Å². The van der Waals surface area contributed by atoms with Crippen LogP contribution in [0.4, 0.5) is 0 Å². The van der Waals surface area contributed by atoms with Crippen molar-refractivity contribution in [2.75, 3.05) is 0 Å². The number of hydrogen-bond donors (Lipinski definition) is 0. The molecule has 0 unspecified atom stereocenters. The highest BCUT2D eigenvalue weighted by Gasteiger charge is 1.85. The van der Waals surface area contributed by atoms with Gasteiger partial charge in [0.1, 0.15) is 6.29 Å². The highest BCUT2D eigenvalue weighted by atomic mass is 16.1. The van der Waals surface area contributed by atoms with Gasteiger partial charge < -0.3 is 4.79 Å². The average Bonchev–Trinajstić information content (AvgIpc) is 2.37. The second-order valence-corrected chi connectivity index (χ2v) is 3.66. The van der Waals surface area contributed by atoms with Crippen LogP contribution in [0.5, 0.6) is 0 Å². The number of carbonyl (C=O) groups excluding carboxylic acids is 1. The molecule has 2 aromatic carbocycles. The number of benzene rings is 2. The third-order valence-corrected chi connectivity index (χ3v) is 2.33.